The summed E-state index contributed by atoms with van der Waals surface area (Å²) in [6.07, 6.45) is 5.40. The van der Waals surface area contributed by atoms with Gasteiger partial charge in [-0.25, -0.2) is 4.39 Å². The number of pyridine rings is 1. The van der Waals surface area contributed by atoms with E-state index in [1.54, 1.807) is 18.2 Å². The van der Waals surface area contributed by atoms with Crippen LogP contribution in [0.15, 0.2) is 30.5 Å². The average Bonchev–Trinajstić information content (AvgIpc) is 2.58. The molecule has 0 bridgehead atoms. The van der Waals surface area contributed by atoms with Crippen LogP contribution in [0.25, 0.3) is 0 Å². The zero-order valence-corrected chi connectivity index (χ0v) is 14.9. The number of carbonyl (C=O) groups is 1. The van der Waals surface area contributed by atoms with Crippen LogP contribution in [-0.4, -0.2) is 29.1 Å². The van der Waals surface area contributed by atoms with Crippen molar-refractivity contribution in [2.75, 3.05) is 5.32 Å². The Bertz CT molecular complexity index is 832. The van der Waals surface area contributed by atoms with Gasteiger partial charge in [-0.3, -0.25) is 15.2 Å². The second-order valence-corrected chi connectivity index (χ2v) is 6.77. The number of halogens is 1. The van der Waals surface area contributed by atoms with Crippen molar-refractivity contribution in [1.82, 2.24) is 4.98 Å². The van der Waals surface area contributed by atoms with E-state index in [0.717, 1.165) is 19.3 Å². The highest BCUT2D eigenvalue weighted by molar-refractivity contribution is 6.13. The molecule has 0 amide bonds. The van der Waals surface area contributed by atoms with Crippen molar-refractivity contribution >= 4 is 17.7 Å². The molecule has 0 atom stereocenters. The number of carbonyl (C=O) groups excluding carboxylic acids is 1. The summed E-state index contributed by atoms with van der Waals surface area (Å²) in [4.78, 5) is 15.2. The number of anilines is 1. The van der Waals surface area contributed by atoms with E-state index >= 15 is 0 Å². The highest BCUT2D eigenvalue weighted by Crippen LogP contribution is 2.28. The maximum Gasteiger partial charge on any atom is 0.151 e. The van der Waals surface area contributed by atoms with Crippen LogP contribution in [0.4, 0.5) is 10.1 Å². The van der Waals surface area contributed by atoms with Gasteiger partial charge < -0.3 is 10.1 Å². The minimum Gasteiger partial charge on any atom is -0.490 e. The van der Waals surface area contributed by atoms with Crippen LogP contribution in [0.1, 0.15) is 54.7 Å². The van der Waals surface area contributed by atoms with E-state index in [4.69, 9.17) is 10.1 Å². The summed E-state index contributed by atoms with van der Waals surface area (Å²) in [5, 5.41) is 11.6. The summed E-state index contributed by atoms with van der Waals surface area (Å²) < 4.78 is 20.2. The molecule has 1 fully saturated rings. The van der Waals surface area contributed by atoms with Gasteiger partial charge in [0.25, 0.3) is 0 Å². The standard InChI is InChI=1S/C20H22FN3O2/c1-12(2)24-18-8-13(11-25)10-23-20(18)19(22)16-9-15(6-7-17(16)21)26-14-4-3-5-14/h6-12,14,22,24H,3-5H2,1-2H3. The minimum absolute atomic E-state index is 0.0536. The quantitative estimate of drug-likeness (QED) is 0.576. The molecular weight excluding hydrogens is 333 g/mol. The molecule has 1 aromatic heterocycles. The molecule has 0 aliphatic heterocycles. The van der Waals surface area contributed by atoms with Crippen molar-refractivity contribution in [3.8, 4) is 5.75 Å². The fourth-order valence-corrected chi connectivity index (χ4v) is 2.74. The number of hydrogen-bond acceptors (Lipinski definition) is 5. The van der Waals surface area contributed by atoms with Crippen LogP contribution in [0.5, 0.6) is 5.75 Å². The van der Waals surface area contributed by atoms with Gasteiger partial charge in [0, 0.05) is 23.4 Å². The van der Waals surface area contributed by atoms with Gasteiger partial charge in [0.1, 0.15) is 17.3 Å². The first-order valence-corrected chi connectivity index (χ1v) is 8.75. The smallest absolute Gasteiger partial charge is 0.151 e. The molecule has 1 aliphatic rings. The van der Waals surface area contributed by atoms with Crippen LogP contribution in [-0.2, 0) is 0 Å². The van der Waals surface area contributed by atoms with Crippen molar-refractivity contribution in [3.63, 3.8) is 0 Å². The van der Waals surface area contributed by atoms with E-state index in [0.29, 0.717) is 29.0 Å². The molecule has 1 aromatic carbocycles. The van der Waals surface area contributed by atoms with Crippen LogP contribution < -0.4 is 10.1 Å². The molecule has 5 nitrogen and oxygen atoms in total. The number of rotatable bonds is 7. The van der Waals surface area contributed by atoms with E-state index < -0.39 is 5.82 Å². The zero-order chi connectivity index (χ0) is 18.7. The van der Waals surface area contributed by atoms with E-state index in [2.05, 4.69) is 10.3 Å². The fraction of sp³-hybridized carbons (Fsp3) is 0.350. The molecule has 26 heavy (non-hydrogen) atoms. The van der Waals surface area contributed by atoms with E-state index in [9.17, 15) is 9.18 Å². The van der Waals surface area contributed by atoms with Gasteiger partial charge in [0.05, 0.1) is 17.5 Å². The molecule has 0 saturated heterocycles. The van der Waals surface area contributed by atoms with Crippen molar-refractivity contribution < 1.29 is 13.9 Å². The van der Waals surface area contributed by atoms with Crippen LogP contribution >= 0.6 is 0 Å². The van der Waals surface area contributed by atoms with Gasteiger partial charge in [0.15, 0.2) is 6.29 Å². The normalized spacial score (nSPS) is 14.0. The Morgan fingerprint density at radius 2 is 2.15 bits per heavy atom. The predicted molar refractivity (Wildman–Crippen MR) is 99.0 cm³/mol. The first-order chi connectivity index (χ1) is 12.5. The van der Waals surface area contributed by atoms with Gasteiger partial charge in [0.2, 0.25) is 0 Å². The largest absolute Gasteiger partial charge is 0.490 e. The molecular formula is C20H22FN3O2. The Hall–Kier alpha value is -2.76. The Kier molecular flexibility index (Phi) is 5.30. The van der Waals surface area contributed by atoms with Crippen LogP contribution in [0.2, 0.25) is 0 Å². The molecule has 2 aromatic rings. The number of aldehydes is 1. The minimum atomic E-state index is -0.507. The Morgan fingerprint density at radius 1 is 1.38 bits per heavy atom. The van der Waals surface area contributed by atoms with Gasteiger partial charge in [-0.05, 0) is 57.4 Å². The molecule has 1 aliphatic carbocycles. The number of hydrogen-bond donors (Lipinski definition) is 2. The third kappa shape index (κ3) is 3.90. The lowest BCUT2D eigenvalue weighted by atomic mass is 9.96. The third-order valence-corrected chi connectivity index (χ3v) is 4.29. The lowest BCUT2D eigenvalue weighted by Gasteiger charge is -2.26. The molecule has 1 saturated carbocycles. The van der Waals surface area contributed by atoms with Gasteiger partial charge in [-0.2, -0.15) is 0 Å². The van der Waals surface area contributed by atoms with Gasteiger partial charge >= 0.3 is 0 Å². The fourth-order valence-electron chi connectivity index (χ4n) is 2.74. The average molecular weight is 355 g/mol. The molecule has 1 heterocycles. The van der Waals surface area contributed by atoms with Crippen molar-refractivity contribution in [3.05, 3.63) is 53.1 Å². The second-order valence-electron chi connectivity index (χ2n) is 6.77. The summed E-state index contributed by atoms with van der Waals surface area (Å²) in [6, 6.07) is 6.14. The maximum absolute atomic E-state index is 14.4. The molecule has 136 valence electrons. The molecule has 3 rings (SSSR count). The predicted octanol–water partition coefficient (Wildman–Crippen LogP) is 4.20. The molecule has 0 spiro atoms. The summed E-state index contributed by atoms with van der Waals surface area (Å²) >= 11 is 0. The first kappa shape index (κ1) is 18.0. The Morgan fingerprint density at radius 3 is 2.77 bits per heavy atom. The highest BCUT2D eigenvalue weighted by Gasteiger charge is 2.21. The first-order valence-electron chi connectivity index (χ1n) is 8.75. The second kappa shape index (κ2) is 7.64. The number of nitrogens with zero attached hydrogens (tertiary/aromatic N) is 1. The van der Waals surface area contributed by atoms with Gasteiger partial charge in [-0.15, -0.1) is 0 Å². The number of ether oxygens (including phenoxy) is 1. The van der Waals surface area contributed by atoms with E-state index in [1.165, 1.54) is 12.3 Å². The van der Waals surface area contributed by atoms with Crippen molar-refractivity contribution in [2.45, 2.75) is 45.3 Å². The van der Waals surface area contributed by atoms with Crippen LogP contribution in [0.3, 0.4) is 0 Å². The van der Waals surface area contributed by atoms with Gasteiger partial charge in [-0.1, -0.05) is 0 Å². The van der Waals surface area contributed by atoms with Crippen LogP contribution in [0, 0.1) is 11.2 Å². The third-order valence-electron chi connectivity index (χ3n) is 4.29. The summed E-state index contributed by atoms with van der Waals surface area (Å²) in [7, 11) is 0. The summed E-state index contributed by atoms with van der Waals surface area (Å²) in [5.41, 5.74) is 1.29. The lowest BCUT2D eigenvalue weighted by Crippen LogP contribution is -2.24. The van der Waals surface area contributed by atoms with Crippen molar-refractivity contribution in [1.29, 1.82) is 5.41 Å². The maximum atomic E-state index is 14.4. The monoisotopic (exact) mass is 355 g/mol. The zero-order valence-electron chi connectivity index (χ0n) is 14.9. The number of nitrogens with one attached hydrogen (secondary N) is 2. The number of benzene rings is 1. The lowest BCUT2D eigenvalue weighted by molar-refractivity contribution is 0.112. The molecule has 0 unspecified atom stereocenters. The Labute approximate surface area is 152 Å². The Balaban J connectivity index is 1.95. The number of aromatic nitrogens is 1. The topological polar surface area (TPSA) is 75.1 Å². The highest BCUT2D eigenvalue weighted by atomic mass is 19.1. The molecule has 2 N–H and O–H groups in total. The van der Waals surface area contributed by atoms with E-state index in [-0.39, 0.29) is 23.4 Å². The van der Waals surface area contributed by atoms with E-state index in [1.807, 2.05) is 13.8 Å². The van der Waals surface area contributed by atoms with Crippen molar-refractivity contribution in [2.24, 2.45) is 0 Å². The summed E-state index contributed by atoms with van der Waals surface area (Å²) in [6.45, 7) is 3.88. The SMILES string of the molecule is CC(C)Nc1cc(C=O)cnc1C(=N)c1cc(OC2CCC2)ccc1F. The molecule has 0 radical (unpaired) electrons. The summed E-state index contributed by atoms with van der Waals surface area (Å²) in [5.74, 6) is 0.0476. The molecule has 6 heteroatoms.